The van der Waals surface area contributed by atoms with Crippen LogP contribution in [0.2, 0.25) is 0 Å². The number of hydrogen-bond donors (Lipinski definition) is 0. The molecule has 0 fully saturated rings. The van der Waals surface area contributed by atoms with Gasteiger partial charge in [-0.25, -0.2) is 0 Å². The molecule has 1 heterocycles. The summed E-state index contributed by atoms with van der Waals surface area (Å²) in [5.74, 6) is 0.380. The molecule has 0 aromatic carbocycles. The maximum absolute atomic E-state index is 11.3. The first-order valence-electron chi connectivity index (χ1n) is 6.87. The lowest BCUT2D eigenvalue weighted by Crippen LogP contribution is -2.15. The van der Waals surface area contributed by atoms with E-state index in [0.717, 1.165) is 29.7 Å². The second-order valence-electron chi connectivity index (χ2n) is 4.78. The van der Waals surface area contributed by atoms with Gasteiger partial charge in [0.2, 0.25) is 0 Å². The van der Waals surface area contributed by atoms with Crippen molar-refractivity contribution in [2.24, 2.45) is 5.92 Å². The summed E-state index contributed by atoms with van der Waals surface area (Å²) in [5.41, 5.74) is 2.26. The molecule has 1 aromatic heterocycles. The minimum absolute atomic E-state index is 0.00325. The monoisotopic (exact) mass is 277 g/mol. The van der Waals surface area contributed by atoms with E-state index < -0.39 is 0 Å². The van der Waals surface area contributed by atoms with Crippen molar-refractivity contribution in [2.45, 2.75) is 45.8 Å². The van der Waals surface area contributed by atoms with Crippen molar-refractivity contribution in [3.8, 4) is 0 Å². The zero-order chi connectivity index (χ0) is 14.3. The zero-order valence-corrected chi connectivity index (χ0v) is 13.0. The maximum Gasteiger partial charge on any atom is 0.133 e. The van der Waals surface area contributed by atoms with Crippen LogP contribution in [0.25, 0.3) is 4.91 Å². The minimum atomic E-state index is 0.00325. The van der Waals surface area contributed by atoms with Crippen LogP contribution in [0.5, 0.6) is 0 Å². The van der Waals surface area contributed by atoms with Gasteiger partial charge in [-0.2, -0.15) is 0 Å². The van der Waals surface area contributed by atoms with E-state index in [1.54, 1.807) is 18.0 Å². The molecule has 0 aliphatic rings. The lowest BCUT2D eigenvalue weighted by molar-refractivity contribution is -0.108. The van der Waals surface area contributed by atoms with Crippen molar-refractivity contribution in [1.82, 2.24) is 4.98 Å². The average molecular weight is 277 g/mol. The highest BCUT2D eigenvalue weighted by molar-refractivity contribution is 8.09. The van der Waals surface area contributed by atoms with Gasteiger partial charge in [-0.15, -0.1) is 11.8 Å². The second-order valence-corrected chi connectivity index (χ2v) is 5.97. The van der Waals surface area contributed by atoms with Gasteiger partial charge >= 0.3 is 0 Å². The van der Waals surface area contributed by atoms with Gasteiger partial charge in [0, 0.05) is 11.1 Å². The molecule has 2 atom stereocenters. The first kappa shape index (κ1) is 16.0. The van der Waals surface area contributed by atoms with Crippen molar-refractivity contribution < 1.29 is 4.79 Å². The molecule has 0 saturated heterocycles. The molecule has 104 valence electrons. The summed E-state index contributed by atoms with van der Waals surface area (Å²) in [6.07, 6.45) is 4.87. The van der Waals surface area contributed by atoms with Gasteiger partial charge in [0.15, 0.2) is 0 Å². The normalized spacial score (nSPS) is 15.6. The fourth-order valence-electron chi connectivity index (χ4n) is 1.68. The number of aldehydes is 1. The van der Waals surface area contributed by atoms with Gasteiger partial charge in [-0.05, 0) is 31.4 Å². The van der Waals surface area contributed by atoms with Crippen molar-refractivity contribution in [3.05, 3.63) is 35.7 Å². The third-order valence-electron chi connectivity index (χ3n) is 3.41. The van der Waals surface area contributed by atoms with Crippen LogP contribution < -0.4 is 0 Å². The molecule has 2 nitrogen and oxygen atoms in total. The Labute approximate surface area is 120 Å². The summed E-state index contributed by atoms with van der Waals surface area (Å²) in [7, 11) is 0. The summed E-state index contributed by atoms with van der Waals surface area (Å²) in [5, 5.41) is 0.00325. The lowest BCUT2D eigenvalue weighted by Gasteiger charge is -2.19. The van der Waals surface area contributed by atoms with E-state index >= 15 is 0 Å². The SMILES string of the molecule is CCC(C)=C(SC(C=O)C(C)CC)c1ccccn1. The van der Waals surface area contributed by atoms with Crippen molar-refractivity contribution >= 4 is 23.0 Å². The molecule has 19 heavy (non-hydrogen) atoms. The Morgan fingerprint density at radius 2 is 2.16 bits per heavy atom. The third-order valence-corrected chi connectivity index (χ3v) is 5.05. The summed E-state index contributed by atoms with van der Waals surface area (Å²) in [6, 6.07) is 5.92. The summed E-state index contributed by atoms with van der Waals surface area (Å²) in [4.78, 5) is 16.9. The summed E-state index contributed by atoms with van der Waals surface area (Å²) in [6.45, 7) is 8.51. The van der Waals surface area contributed by atoms with E-state index in [2.05, 4.69) is 32.7 Å². The Bertz CT molecular complexity index is 428. The molecule has 0 spiro atoms. The molecule has 0 N–H and O–H groups in total. The van der Waals surface area contributed by atoms with Gasteiger partial charge in [-0.1, -0.05) is 38.8 Å². The summed E-state index contributed by atoms with van der Waals surface area (Å²) >= 11 is 1.66. The number of allylic oxidation sites excluding steroid dienone is 1. The molecule has 0 amide bonds. The van der Waals surface area contributed by atoms with E-state index in [9.17, 15) is 4.79 Å². The molecule has 2 unspecified atom stereocenters. The molecule has 0 aliphatic carbocycles. The van der Waals surface area contributed by atoms with Crippen LogP contribution in [0.1, 0.15) is 46.2 Å². The number of pyridine rings is 1. The van der Waals surface area contributed by atoms with Crippen LogP contribution in [-0.4, -0.2) is 16.5 Å². The maximum atomic E-state index is 11.3. The largest absolute Gasteiger partial charge is 0.302 e. The third kappa shape index (κ3) is 4.50. The summed E-state index contributed by atoms with van der Waals surface area (Å²) < 4.78 is 0. The molecule has 0 bridgehead atoms. The van der Waals surface area contributed by atoms with Crippen LogP contribution in [0.3, 0.4) is 0 Å². The zero-order valence-electron chi connectivity index (χ0n) is 12.2. The van der Waals surface area contributed by atoms with Gasteiger partial charge in [-0.3, -0.25) is 4.98 Å². The van der Waals surface area contributed by atoms with E-state index in [1.165, 1.54) is 5.57 Å². The number of hydrogen-bond acceptors (Lipinski definition) is 3. The number of carbonyl (C=O) groups is 1. The highest BCUT2D eigenvalue weighted by Crippen LogP contribution is 2.36. The molecular formula is C16H23NOS. The molecule has 1 rings (SSSR count). The number of rotatable bonds is 7. The topological polar surface area (TPSA) is 30.0 Å². The van der Waals surface area contributed by atoms with Crippen LogP contribution in [0.15, 0.2) is 30.0 Å². The predicted octanol–water partition coefficient (Wildman–Crippen LogP) is 4.57. The van der Waals surface area contributed by atoms with Gasteiger partial charge in [0.25, 0.3) is 0 Å². The highest BCUT2D eigenvalue weighted by atomic mass is 32.2. The minimum Gasteiger partial charge on any atom is -0.302 e. The lowest BCUT2D eigenvalue weighted by atomic mass is 10.1. The van der Waals surface area contributed by atoms with Crippen LogP contribution in [0.4, 0.5) is 0 Å². The van der Waals surface area contributed by atoms with Gasteiger partial charge < -0.3 is 4.79 Å². The molecular weight excluding hydrogens is 254 g/mol. The Morgan fingerprint density at radius 1 is 1.42 bits per heavy atom. The number of nitrogens with zero attached hydrogens (tertiary/aromatic N) is 1. The molecule has 3 heteroatoms. The van der Waals surface area contributed by atoms with Crippen LogP contribution >= 0.6 is 11.8 Å². The Balaban J connectivity index is 3.04. The van der Waals surface area contributed by atoms with Gasteiger partial charge in [0.05, 0.1) is 10.9 Å². The molecule has 1 aromatic rings. The standard InChI is InChI=1S/C16H23NOS/c1-5-12(3)15(11-18)19-16(13(4)6-2)14-9-7-8-10-17-14/h7-12,15H,5-6H2,1-4H3. The number of carbonyl (C=O) groups excluding carboxylic acids is 1. The van der Waals surface area contributed by atoms with E-state index in [1.807, 2.05) is 18.2 Å². The van der Waals surface area contributed by atoms with E-state index in [4.69, 9.17) is 0 Å². The highest BCUT2D eigenvalue weighted by Gasteiger charge is 2.19. The van der Waals surface area contributed by atoms with Crippen LogP contribution in [-0.2, 0) is 4.79 Å². The predicted molar refractivity (Wildman–Crippen MR) is 84.0 cm³/mol. The quantitative estimate of drug-likeness (QED) is 0.684. The Hall–Kier alpha value is -1.09. The van der Waals surface area contributed by atoms with Crippen molar-refractivity contribution in [2.75, 3.05) is 0 Å². The first-order valence-corrected chi connectivity index (χ1v) is 7.75. The average Bonchev–Trinajstić information content (AvgIpc) is 2.48. The van der Waals surface area contributed by atoms with E-state index in [0.29, 0.717) is 5.92 Å². The van der Waals surface area contributed by atoms with Gasteiger partial charge in [0.1, 0.15) is 6.29 Å². The fourth-order valence-corrected chi connectivity index (χ4v) is 3.02. The molecule has 0 saturated carbocycles. The number of aromatic nitrogens is 1. The van der Waals surface area contributed by atoms with Crippen molar-refractivity contribution in [3.63, 3.8) is 0 Å². The first-order chi connectivity index (χ1) is 9.13. The Morgan fingerprint density at radius 3 is 2.63 bits per heavy atom. The van der Waals surface area contributed by atoms with E-state index in [-0.39, 0.29) is 5.25 Å². The second kappa shape index (κ2) is 8.16. The van der Waals surface area contributed by atoms with Crippen LogP contribution in [0, 0.1) is 5.92 Å². The smallest absolute Gasteiger partial charge is 0.133 e. The molecule has 0 radical (unpaired) electrons. The molecule has 0 aliphatic heterocycles. The number of thioether (sulfide) groups is 1. The van der Waals surface area contributed by atoms with Crippen molar-refractivity contribution in [1.29, 1.82) is 0 Å². The fraction of sp³-hybridized carbons (Fsp3) is 0.500. The Kier molecular flexibility index (Phi) is 6.85.